The van der Waals surface area contributed by atoms with Crippen LogP contribution in [0.1, 0.15) is 36.2 Å². The summed E-state index contributed by atoms with van der Waals surface area (Å²) in [7, 11) is 0. The maximum Gasteiger partial charge on any atom is 0.252 e. The maximum absolute atomic E-state index is 14.5. The molecule has 6 heteroatoms. The summed E-state index contributed by atoms with van der Waals surface area (Å²) in [5.74, 6) is -0.314. The number of fused-ring (bicyclic) bond motifs is 1. The summed E-state index contributed by atoms with van der Waals surface area (Å²) in [5, 5.41) is 5.79. The van der Waals surface area contributed by atoms with Crippen molar-refractivity contribution in [1.82, 2.24) is 19.2 Å². The van der Waals surface area contributed by atoms with Gasteiger partial charge in [-0.25, -0.2) is 9.07 Å². The van der Waals surface area contributed by atoms with Gasteiger partial charge in [-0.05, 0) is 37.2 Å². The highest BCUT2D eigenvalue weighted by molar-refractivity contribution is 5.82. The van der Waals surface area contributed by atoms with Crippen LogP contribution in [0.15, 0.2) is 65.5 Å². The predicted molar refractivity (Wildman–Crippen MR) is 126 cm³/mol. The van der Waals surface area contributed by atoms with E-state index in [2.05, 4.69) is 18.7 Å². The largest absolute Gasteiger partial charge is 0.300 e. The number of aryl methyl sites for hydroxylation is 1. The van der Waals surface area contributed by atoms with Crippen LogP contribution in [0.4, 0.5) is 4.39 Å². The van der Waals surface area contributed by atoms with Gasteiger partial charge in [0.05, 0.1) is 18.8 Å². The van der Waals surface area contributed by atoms with Crippen LogP contribution in [0.2, 0.25) is 0 Å². The van der Waals surface area contributed by atoms with Gasteiger partial charge in [0.15, 0.2) is 0 Å². The quantitative estimate of drug-likeness (QED) is 0.409. The van der Waals surface area contributed by atoms with Gasteiger partial charge in [0.25, 0.3) is 5.56 Å². The third-order valence-electron chi connectivity index (χ3n) is 5.99. The van der Waals surface area contributed by atoms with E-state index in [4.69, 9.17) is 5.10 Å². The van der Waals surface area contributed by atoms with Gasteiger partial charge in [-0.1, -0.05) is 62.4 Å². The Hall–Kier alpha value is -3.25. The number of nitrogens with zero attached hydrogens (tertiary/aromatic N) is 4. The lowest BCUT2D eigenvalue weighted by molar-refractivity contribution is 0.296. The summed E-state index contributed by atoms with van der Waals surface area (Å²) in [4.78, 5) is 15.6. The lowest BCUT2D eigenvalue weighted by atomic mass is 10.1. The average molecular weight is 433 g/mol. The molecule has 32 heavy (non-hydrogen) atoms. The van der Waals surface area contributed by atoms with Crippen molar-refractivity contribution in [2.75, 3.05) is 13.1 Å². The third kappa shape index (κ3) is 4.36. The fourth-order valence-electron chi connectivity index (χ4n) is 4.25. The van der Waals surface area contributed by atoms with Gasteiger partial charge in [0, 0.05) is 23.6 Å². The van der Waals surface area contributed by atoms with E-state index < -0.39 is 0 Å². The molecule has 0 spiro atoms. The van der Waals surface area contributed by atoms with E-state index in [0.717, 1.165) is 40.9 Å². The second-order valence-corrected chi connectivity index (χ2v) is 8.07. The highest BCUT2D eigenvalue weighted by atomic mass is 19.1. The first-order chi connectivity index (χ1) is 15.5. The van der Waals surface area contributed by atoms with E-state index in [1.165, 1.54) is 6.07 Å². The van der Waals surface area contributed by atoms with Crippen molar-refractivity contribution in [1.29, 1.82) is 0 Å². The van der Waals surface area contributed by atoms with Crippen molar-refractivity contribution in [3.8, 4) is 0 Å². The second kappa shape index (κ2) is 9.49. The Balaban J connectivity index is 1.92. The first kappa shape index (κ1) is 22.0. The summed E-state index contributed by atoms with van der Waals surface area (Å²) >= 11 is 0. The zero-order valence-electron chi connectivity index (χ0n) is 18.9. The van der Waals surface area contributed by atoms with Crippen molar-refractivity contribution in [3.05, 3.63) is 99.2 Å². The Kier molecular flexibility index (Phi) is 6.51. The number of rotatable bonds is 8. The van der Waals surface area contributed by atoms with Gasteiger partial charge in [-0.3, -0.25) is 14.3 Å². The molecule has 5 nitrogen and oxygen atoms in total. The zero-order valence-corrected chi connectivity index (χ0v) is 18.9. The number of hydrogen-bond acceptors (Lipinski definition) is 3. The molecule has 2 heterocycles. The van der Waals surface area contributed by atoms with Crippen LogP contribution in [0.3, 0.4) is 0 Å². The van der Waals surface area contributed by atoms with Gasteiger partial charge in [0.1, 0.15) is 11.5 Å². The van der Waals surface area contributed by atoms with Crippen LogP contribution in [-0.4, -0.2) is 32.3 Å². The van der Waals surface area contributed by atoms with E-state index in [-0.39, 0.29) is 17.9 Å². The number of halogens is 1. The number of aromatic nitrogens is 3. The number of hydrogen-bond donors (Lipinski definition) is 0. The molecule has 166 valence electrons. The Morgan fingerprint density at radius 3 is 2.31 bits per heavy atom. The molecule has 4 aromatic rings. The highest BCUT2D eigenvalue weighted by Gasteiger charge is 2.20. The summed E-state index contributed by atoms with van der Waals surface area (Å²) in [6.45, 7) is 9.38. The topological polar surface area (TPSA) is 43.1 Å². The van der Waals surface area contributed by atoms with Gasteiger partial charge in [-0.2, -0.15) is 5.10 Å². The lowest BCUT2D eigenvalue weighted by Gasteiger charge is -2.20. The zero-order chi connectivity index (χ0) is 22.7. The predicted octanol–water partition coefficient (Wildman–Crippen LogP) is 4.58. The van der Waals surface area contributed by atoms with Gasteiger partial charge in [0.2, 0.25) is 0 Å². The number of pyridine rings is 1. The first-order valence-electron chi connectivity index (χ1n) is 11.1. The van der Waals surface area contributed by atoms with Crippen molar-refractivity contribution >= 4 is 11.0 Å². The molecule has 0 aliphatic heterocycles. The molecular formula is C26H29FN4O. The molecule has 2 aromatic carbocycles. The summed E-state index contributed by atoms with van der Waals surface area (Å²) in [6.07, 6.45) is 0. The molecule has 0 atom stereocenters. The monoisotopic (exact) mass is 432 g/mol. The Bertz CT molecular complexity index is 1270. The molecule has 2 aromatic heterocycles. The van der Waals surface area contributed by atoms with Crippen LogP contribution < -0.4 is 5.56 Å². The van der Waals surface area contributed by atoms with E-state index >= 15 is 0 Å². The molecule has 0 aliphatic carbocycles. The van der Waals surface area contributed by atoms with E-state index in [1.54, 1.807) is 28.8 Å². The van der Waals surface area contributed by atoms with Crippen molar-refractivity contribution < 1.29 is 4.39 Å². The minimum atomic E-state index is -0.314. The van der Waals surface area contributed by atoms with Crippen molar-refractivity contribution in [2.45, 2.75) is 40.4 Å². The van der Waals surface area contributed by atoms with Gasteiger partial charge < -0.3 is 0 Å². The molecule has 4 rings (SSSR count). The molecular weight excluding hydrogens is 403 g/mol. The average Bonchev–Trinajstić information content (AvgIpc) is 3.12. The van der Waals surface area contributed by atoms with E-state index in [1.807, 2.05) is 41.9 Å². The van der Waals surface area contributed by atoms with Crippen LogP contribution in [0.5, 0.6) is 0 Å². The third-order valence-corrected chi connectivity index (χ3v) is 5.99. The van der Waals surface area contributed by atoms with E-state index in [0.29, 0.717) is 18.7 Å². The van der Waals surface area contributed by atoms with Gasteiger partial charge in [-0.15, -0.1) is 0 Å². The molecule has 0 saturated heterocycles. The van der Waals surface area contributed by atoms with Gasteiger partial charge >= 0.3 is 0 Å². The Labute approximate surface area is 187 Å². The normalized spacial score (nSPS) is 11.5. The summed E-state index contributed by atoms with van der Waals surface area (Å²) in [5.41, 5.74) is 4.02. The fraction of sp³-hybridized carbons (Fsp3) is 0.308. The van der Waals surface area contributed by atoms with Crippen molar-refractivity contribution in [3.63, 3.8) is 0 Å². The van der Waals surface area contributed by atoms with Crippen LogP contribution in [0.25, 0.3) is 11.0 Å². The van der Waals surface area contributed by atoms with Crippen molar-refractivity contribution in [2.24, 2.45) is 0 Å². The Morgan fingerprint density at radius 2 is 1.62 bits per heavy atom. The SMILES string of the molecule is CCN(CC)Cc1cc(=O)n(Cc2ccccc2F)c2c1c(C)nn2Cc1ccccc1. The first-order valence-corrected chi connectivity index (χ1v) is 11.1. The smallest absolute Gasteiger partial charge is 0.252 e. The molecule has 0 amide bonds. The van der Waals surface area contributed by atoms with Crippen LogP contribution in [-0.2, 0) is 19.6 Å². The number of benzene rings is 2. The Morgan fingerprint density at radius 1 is 0.938 bits per heavy atom. The summed E-state index contributed by atoms with van der Waals surface area (Å²) in [6, 6.07) is 18.4. The minimum Gasteiger partial charge on any atom is -0.300 e. The molecule has 0 radical (unpaired) electrons. The lowest BCUT2D eigenvalue weighted by Crippen LogP contribution is -2.27. The van der Waals surface area contributed by atoms with Crippen LogP contribution >= 0.6 is 0 Å². The molecule has 0 saturated carbocycles. The second-order valence-electron chi connectivity index (χ2n) is 8.07. The van der Waals surface area contributed by atoms with Crippen LogP contribution in [0, 0.1) is 12.7 Å². The molecule has 0 fully saturated rings. The molecule has 0 aliphatic rings. The maximum atomic E-state index is 14.5. The highest BCUT2D eigenvalue weighted by Crippen LogP contribution is 2.24. The minimum absolute atomic E-state index is 0.142. The fourth-order valence-corrected chi connectivity index (χ4v) is 4.25. The van der Waals surface area contributed by atoms with E-state index in [9.17, 15) is 9.18 Å². The summed E-state index contributed by atoms with van der Waals surface area (Å²) < 4.78 is 18.0. The standard InChI is InChI=1S/C26H29FN4O/c1-4-29(5-2)17-22-15-24(32)30(18-21-13-9-10-14-23(21)27)26-25(22)19(3)28-31(26)16-20-11-7-6-8-12-20/h6-15H,4-5,16-18H2,1-3H3. The molecule has 0 unspecified atom stereocenters. The molecule has 0 bridgehead atoms. The molecule has 0 N–H and O–H groups in total.